The number of hydrogen-bond donors (Lipinski definition) is 1. The van der Waals surface area contributed by atoms with E-state index in [0.717, 1.165) is 62.6 Å². The van der Waals surface area contributed by atoms with Crippen LogP contribution in [0.1, 0.15) is 29.2 Å². The quantitative estimate of drug-likeness (QED) is 0.380. The standard InChI is InChI=1S/C30H38N2O4/c1-34-26-13-14-30(35-2)27(22-26)28(33)23-32-18-16-31(17-19-32)15-8-20-36-29-12-7-6-11-25(29)21-24-9-4-3-5-10-24/h3-7,9-14,22,28,33H,8,15-21,23H2,1-2H3. The summed E-state index contributed by atoms with van der Waals surface area (Å²) in [6, 6.07) is 24.4. The number of methoxy groups -OCH3 is 2. The number of rotatable bonds is 12. The molecule has 1 saturated heterocycles. The SMILES string of the molecule is COc1ccc(OC)c(C(O)CN2CCN(CCCOc3ccccc3Cc3ccccc3)CC2)c1. The predicted molar refractivity (Wildman–Crippen MR) is 143 cm³/mol. The van der Waals surface area contributed by atoms with Gasteiger partial charge in [-0.3, -0.25) is 4.90 Å². The molecule has 192 valence electrons. The van der Waals surface area contributed by atoms with Crippen LogP contribution in [0.3, 0.4) is 0 Å². The van der Waals surface area contributed by atoms with Gasteiger partial charge in [0.25, 0.3) is 0 Å². The lowest BCUT2D eigenvalue weighted by Crippen LogP contribution is -2.47. The summed E-state index contributed by atoms with van der Waals surface area (Å²) in [4.78, 5) is 4.80. The fraction of sp³-hybridized carbons (Fsp3) is 0.400. The average Bonchev–Trinajstić information content (AvgIpc) is 2.93. The van der Waals surface area contributed by atoms with Crippen LogP contribution >= 0.6 is 0 Å². The zero-order valence-corrected chi connectivity index (χ0v) is 21.4. The molecule has 4 rings (SSSR count). The maximum atomic E-state index is 10.9. The van der Waals surface area contributed by atoms with Gasteiger partial charge in [0.2, 0.25) is 0 Å². The van der Waals surface area contributed by atoms with Gasteiger partial charge < -0.3 is 24.2 Å². The van der Waals surface area contributed by atoms with Crippen LogP contribution in [0.15, 0.2) is 72.8 Å². The molecule has 1 unspecified atom stereocenters. The summed E-state index contributed by atoms with van der Waals surface area (Å²) in [5, 5.41) is 10.9. The molecular formula is C30H38N2O4. The van der Waals surface area contributed by atoms with Crippen LogP contribution in [0, 0.1) is 0 Å². The average molecular weight is 491 g/mol. The molecule has 1 aliphatic heterocycles. The van der Waals surface area contributed by atoms with E-state index in [1.54, 1.807) is 14.2 Å². The van der Waals surface area contributed by atoms with E-state index in [4.69, 9.17) is 14.2 Å². The molecule has 6 heteroatoms. The summed E-state index contributed by atoms with van der Waals surface area (Å²) in [5.41, 5.74) is 3.29. The Morgan fingerprint density at radius 2 is 1.53 bits per heavy atom. The van der Waals surface area contributed by atoms with Crippen LogP contribution in [-0.2, 0) is 6.42 Å². The van der Waals surface area contributed by atoms with Crippen molar-refractivity contribution in [3.63, 3.8) is 0 Å². The van der Waals surface area contributed by atoms with Crippen molar-refractivity contribution in [2.75, 3.05) is 60.1 Å². The number of piperazine rings is 1. The van der Waals surface area contributed by atoms with Crippen molar-refractivity contribution in [2.45, 2.75) is 18.9 Å². The molecule has 3 aromatic rings. The first-order valence-corrected chi connectivity index (χ1v) is 12.8. The molecule has 0 radical (unpaired) electrons. The van der Waals surface area contributed by atoms with Crippen molar-refractivity contribution in [3.05, 3.63) is 89.5 Å². The van der Waals surface area contributed by atoms with Crippen molar-refractivity contribution < 1.29 is 19.3 Å². The molecule has 3 aromatic carbocycles. The Balaban J connectivity index is 1.19. The molecule has 0 spiro atoms. The Bertz CT molecular complexity index is 1070. The smallest absolute Gasteiger partial charge is 0.124 e. The summed E-state index contributed by atoms with van der Waals surface area (Å²) in [5.74, 6) is 2.39. The van der Waals surface area contributed by atoms with Crippen molar-refractivity contribution in [1.82, 2.24) is 9.80 Å². The van der Waals surface area contributed by atoms with Gasteiger partial charge >= 0.3 is 0 Å². The lowest BCUT2D eigenvalue weighted by molar-refractivity contribution is 0.0695. The Kier molecular flexibility index (Phi) is 9.61. The Morgan fingerprint density at radius 1 is 0.806 bits per heavy atom. The monoisotopic (exact) mass is 490 g/mol. The van der Waals surface area contributed by atoms with E-state index in [2.05, 4.69) is 52.3 Å². The Morgan fingerprint density at radius 3 is 2.28 bits per heavy atom. The minimum absolute atomic E-state index is 0.582. The van der Waals surface area contributed by atoms with Crippen molar-refractivity contribution in [1.29, 1.82) is 0 Å². The molecule has 0 aliphatic carbocycles. The molecule has 0 saturated carbocycles. The molecule has 36 heavy (non-hydrogen) atoms. The lowest BCUT2D eigenvalue weighted by Gasteiger charge is -2.35. The fourth-order valence-electron chi connectivity index (χ4n) is 4.71. The number of benzene rings is 3. The molecular weight excluding hydrogens is 452 g/mol. The van der Waals surface area contributed by atoms with E-state index in [-0.39, 0.29) is 0 Å². The van der Waals surface area contributed by atoms with Crippen LogP contribution in [0.5, 0.6) is 17.2 Å². The maximum Gasteiger partial charge on any atom is 0.124 e. The van der Waals surface area contributed by atoms with E-state index in [9.17, 15) is 5.11 Å². The third-order valence-corrected chi connectivity index (χ3v) is 6.78. The normalized spacial score (nSPS) is 15.4. The minimum atomic E-state index is -0.619. The summed E-state index contributed by atoms with van der Waals surface area (Å²) >= 11 is 0. The van der Waals surface area contributed by atoms with Gasteiger partial charge in [0, 0.05) is 51.3 Å². The van der Waals surface area contributed by atoms with Crippen LogP contribution in [0.4, 0.5) is 0 Å². The molecule has 0 aromatic heterocycles. The highest BCUT2D eigenvalue weighted by molar-refractivity contribution is 5.42. The second kappa shape index (κ2) is 13.3. The number of β-amino-alcohol motifs (C(OH)–C–C–N with tert-alkyl or cyclic N) is 1. The van der Waals surface area contributed by atoms with E-state index >= 15 is 0 Å². The molecule has 1 fully saturated rings. The number of hydrogen-bond acceptors (Lipinski definition) is 6. The number of nitrogens with zero attached hydrogens (tertiary/aromatic N) is 2. The van der Waals surface area contributed by atoms with E-state index in [1.165, 1.54) is 11.1 Å². The molecule has 6 nitrogen and oxygen atoms in total. The third kappa shape index (κ3) is 7.23. The Hall–Kier alpha value is -3.06. The second-order valence-electron chi connectivity index (χ2n) is 9.24. The van der Waals surface area contributed by atoms with E-state index < -0.39 is 6.10 Å². The molecule has 1 atom stereocenters. The van der Waals surface area contributed by atoms with E-state index in [0.29, 0.717) is 18.9 Å². The van der Waals surface area contributed by atoms with Gasteiger partial charge in [-0.05, 0) is 41.8 Å². The molecule has 1 aliphatic rings. The van der Waals surface area contributed by atoms with Gasteiger partial charge in [-0.25, -0.2) is 0 Å². The zero-order chi connectivity index (χ0) is 25.2. The summed E-state index contributed by atoms with van der Waals surface area (Å²) in [7, 11) is 3.26. The van der Waals surface area contributed by atoms with Crippen LogP contribution in [0.25, 0.3) is 0 Å². The summed E-state index contributed by atoms with van der Waals surface area (Å²) in [6.07, 6.45) is 1.25. The van der Waals surface area contributed by atoms with Crippen molar-refractivity contribution in [2.24, 2.45) is 0 Å². The summed E-state index contributed by atoms with van der Waals surface area (Å²) in [6.45, 7) is 6.16. The first-order chi connectivity index (χ1) is 17.7. The first-order valence-electron chi connectivity index (χ1n) is 12.8. The number of para-hydroxylation sites is 1. The van der Waals surface area contributed by atoms with Gasteiger partial charge in [0.15, 0.2) is 0 Å². The number of aliphatic hydroxyl groups is 1. The first kappa shape index (κ1) is 26.0. The number of ether oxygens (including phenoxy) is 3. The maximum absolute atomic E-state index is 10.9. The Labute approximate surface area is 215 Å². The van der Waals surface area contributed by atoms with E-state index in [1.807, 2.05) is 30.3 Å². The molecule has 1 N–H and O–H groups in total. The zero-order valence-electron chi connectivity index (χ0n) is 21.4. The predicted octanol–water partition coefficient (Wildman–Crippen LogP) is 4.41. The fourth-order valence-corrected chi connectivity index (χ4v) is 4.71. The largest absolute Gasteiger partial charge is 0.497 e. The van der Waals surface area contributed by atoms with Crippen LogP contribution in [-0.4, -0.2) is 75.0 Å². The minimum Gasteiger partial charge on any atom is -0.497 e. The van der Waals surface area contributed by atoms with Gasteiger partial charge in [-0.2, -0.15) is 0 Å². The van der Waals surface area contributed by atoms with Crippen molar-refractivity contribution in [3.8, 4) is 17.2 Å². The molecule has 0 bridgehead atoms. The van der Waals surface area contributed by atoms with Crippen LogP contribution < -0.4 is 14.2 Å². The van der Waals surface area contributed by atoms with Crippen LogP contribution in [0.2, 0.25) is 0 Å². The highest BCUT2D eigenvalue weighted by atomic mass is 16.5. The topological polar surface area (TPSA) is 54.4 Å². The van der Waals surface area contributed by atoms with Gasteiger partial charge in [-0.15, -0.1) is 0 Å². The molecule has 0 amide bonds. The van der Waals surface area contributed by atoms with Gasteiger partial charge in [0.05, 0.1) is 26.9 Å². The van der Waals surface area contributed by atoms with Gasteiger partial charge in [0.1, 0.15) is 17.2 Å². The summed E-state index contributed by atoms with van der Waals surface area (Å²) < 4.78 is 16.9. The molecule has 1 heterocycles. The highest BCUT2D eigenvalue weighted by Crippen LogP contribution is 2.30. The second-order valence-corrected chi connectivity index (χ2v) is 9.24. The highest BCUT2D eigenvalue weighted by Gasteiger charge is 2.22. The lowest BCUT2D eigenvalue weighted by atomic mass is 10.0. The number of aliphatic hydroxyl groups excluding tert-OH is 1. The third-order valence-electron chi connectivity index (χ3n) is 6.78. The van der Waals surface area contributed by atoms with Gasteiger partial charge in [-0.1, -0.05) is 48.5 Å². The van der Waals surface area contributed by atoms with Crippen molar-refractivity contribution >= 4 is 0 Å².